The third-order valence-electron chi connectivity index (χ3n) is 2.61. The van der Waals surface area contributed by atoms with E-state index in [2.05, 4.69) is 10.3 Å². The fourth-order valence-corrected chi connectivity index (χ4v) is 2.70. The Bertz CT molecular complexity index is 434. The molecule has 18 heavy (non-hydrogen) atoms. The van der Waals surface area contributed by atoms with E-state index < -0.39 is 0 Å². The average Bonchev–Trinajstić information content (AvgIpc) is 2.89. The molecule has 1 heterocycles. The number of amides is 1. The highest BCUT2D eigenvalue weighted by Crippen LogP contribution is 2.23. The first-order chi connectivity index (χ1) is 8.81. The van der Waals surface area contributed by atoms with Gasteiger partial charge in [0.15, 0.2) is 0 Å². The highest BCUT2D eigenvalue weighted by Gasteiger charge is 2.25. The van der Waals surface area contributed by atoms with Crippen molar-refractivity contribution in [3.05, 3.63) is 35.9 Å². The smallest absolute Gasteiger partial charge is 0.245 e. The first-order valence-corrected chi connectivity index (χ1v) is 6.94. The van der Waals surface area contributed by atoms with Crippen LogP contribution in [0.2, 0.25) is 0 Å². The summed E-state index contributed by atoms with van der Waals surface area (Å²) in [5.41, 5.74) is 1.06. The fraction of sp³-hybridized carbons (Fsp3) is 0.385. The van der Waals surface area contributed by atoms with Crippen LogP contribution in [-0.2, 0) is 4.79 Å². The van der Waals surface area contributed by atoms with Crippen LogP contribution in [0.5, 0.6) is 0 Å². The molecule has 0 fully saturated rings. The van der Waals surface area contributed by atoms with Crippen molar-refractivity contribution in [2.24, 2.45) is 4.99 Å². The molecule has 0 aromatic heterocycles. The summed E-state index contributed by atoms with van der Waals surface area (Å²) in [6, 6.07) is 9.59. The van der Waals surface area contributed by atoms with Gasteiger partial charge >= 0.3 is 0 Å². The predicted octanol–water partition coefficient (Wildman–Crippen LogP) is 1.05. The molecular weight excluding hydrogens is 248 g/mol. The van der Waals surface area contributed by atoms with Crippen LogP contribution in [0.3, 0.4) is 0 Å². The van der Waals surface area contributed by atoms with Crippen LogP contribution in [-0.4, -0.2) is 41.0 Å². The monoisotopic (exact) mass is 264 g/mol. The third kappa shape index (κ3) is 3.34. The van der Waals surface area contributed by atoms with Crippen LogP contribution in [0.15, 0.2) is 35.3 Å². The molecular formula is C13H16N2O2S. The van der Waals surface area contributed by atoms with Crippen LogP contribution in [0, 0.1) is 0 Å². The first-order valence-electron chi connectivity index (χ1n) is 5.96. The maximum atomic E-state index is 11.8. The number of carbonyl (C=O) groups excluding carboxylic acids is 1. The molecule has 1 aromatic carbocycles. The van der Waals surface area contributed by atoms with Crippen molar-refractivity contribution in [2.45, 2.75) is 12.5 Å². The van der Waals surface area contributed by atoms with Gasteiger partial charge in [-0.25, -0.2) is 0 Å². The van der Waals surface area contributed by atoms with E-state index in [0.29, 0.717) is 18.7 Å². The molecule has 0 spiro atoms. The Labute approximate surface area is 111 Å². The summed E-state index contributed by atoms with van der Waals surface area (Å²) in [5, 5.41) is 12.4. The fourth-order valence-electron chi connectivity index (χ4n) is 1.66. The zero-order valence-corrected chi connectivity index (χ0v) is 10.8. The lowest BCUT2D eigenvalue weighted by molar-refractivity contribution is -0.121. The summed E-state index contributed by atoms with van der Waals surface area (Å²) < 4.78 is 0. The third-order valence-corrected chi connectivity index (χ3v) is 3.71. The van der Waals surface area contributed by atoms with Gasteiger partial charge in [0.1, 0.15) is 6.04 Å². The zero-order chi connectivity index (χ0) is 12.8. The van der Waals surface area contributed by atoms with Gasteiger partial charge in [-0.1, -0.05) is 30.3 Å². The van der Waals surface area contributed by atoms with Crippen molar-refractivity contribution in [3.63, 3.8) is 0 Å². The van der Waals surface area contributed by atoms with Crippen molar-refractivity contribution in [3.8, 4) is 0 Å². The van der Waals surface area contributed by atoms with Crippen LogP contribution in [0.1, 0.15) is 12.0 Å². The average molecular weight is 264 g/mol. The highest BCUT2D eigenvalue weighted by molar-refractivity contribution is 8.14. The number of hydrogen-bond acceptors (Lipinski definition) is 4. The minimum absolute atomic E-state index is 0.0538. The van der Waals surface area contributed by atoms with Crippen molar-refractivity contribution in [1.29, 1.82) is 0 Å². The van der Waals surface area contributed by atoms with Gasteiger partial charge in [-0.15, -0.1) is 11.8 Å². The zero-order valence-electron chi connectivity index (χ0n) is 10.0. The summed E-state index contributed by atoms with van der Waals surface area (Å²) in [4.78, 5) is 16.2. The van der Waals surface area contributed by atoms with Crippen LogP contribution in [0.4, 0.5) is 0 Å². The molecule has 0 saturated carbocycles. The lowest BCUT2D eigenvalue weighted by Crippen LogP contribution is -2.34. The molecule has 5 heteroatoms. The summed E-state index contributed by atoms with van der Waals surface area (Å²) >= 11 is 1.61. The predicted molar refractivity (Wildman–Crippen MR) is 73.9 cm³/mol. The second-order valence-electron chi connectivity index (χ2n) is 4.00. The second-order valence-corrected chi connectivity index (χ2v) is 5.00. The van der Waals surface area contributed by atoms with Gasteiger partial charge in [-0.05, 0) is 6.42 Å². The molecule has 4 nitrogen and oxygen atoms in total. The number of carbonyl (C=O) groups is 1. The van der Waals surface area contributed by atoms with Crippen LogP contribution < -0.4 is 5.32 Å². The minimum Gasteiger partial charge on any atom is -0.396 e. The number of aliphatic hydroxyl groups excluding tert-OH is 1. The Kier molecular flexibility index (Phi) is 4.78. The van der Waals surface area contributed by atoms with Crippen LogP contribution >= 0.6 is 11.8 Å². The van der Waals surface area contributed by atoms with E-state index in [0.717, 1.165) is 10.6 Å². The van der Waals surface area contributed by atoms with Crippen molar-refractivity contribution in [1.82, 2.24) is 5.32 Å². The number of rotatable bonds is 5. The van der Waals surface area contributed by atoms with E-state index in [4.69, 9.17) is 5.11 Å². The quantitative estimate of drug-likeness (QED) is 0.781. The number of nitrogens with one attached hydrogen (secondary N) is 1. The number of aliphatic hydroxyl groups is 1. The largest absolute Gasteiger partial charge is 0.396 e. The molecule has 0 saturated heterocycles. The van der Waals surface area contributed by atoms with E-state index in [1.165, 1.54) is 0 Å². The summed E-state index contributed by atoms with van der Waals surface area (Å²) in [6.07, 6.45) is 0.584. The molecule has 1 amide bonds. The van der Waals surface area contributed by atoms with Gasteiger partial charge in [0, 0.05) is 24.5 Å². The summed E-state index contributed by atoms with van der Waals surface area (Å²) in [6.45, 7) is 0.602. The molecule has 1 unspecified atom stereocenters. The molecule has 1 aromatic rings. The Balaban J connectivity index is 1.94. The maximum Gasteiger partial charge on any atom is 0.245 e. The lowest BCUT2D eigenvalue weighted by atomic mass is 10.2. The van der Waals surface area contributed by atoms with E-state index in [-0.39, 0.29) is 18.6 Å². The number of nitrogens with zero attached hydrogens (tertiary/aromatic N) is 1. The first kappa shape index (κ1) is 13.1. The topological polar surface area (TPSA) is 61.7 Å². The van der Waals surface area contributed by atoms with Gasteiger partial charge in [0.2, 0.25) is 5.91 Å². The van der Waals surface area contributed by atoms with Gasteiger partial charge in [0.25, 0.3) is 0 Å². The number of thioether (sulfide) groups is 1. The molecule has 96 valence electrons. The lowest BCUT2D eigenvalue weighted by Gasteiger charge is -2.06. The molecule has 1 atom stereocenters. The minimum atomic E-state index is -0.302. The van der Waals surface area contributed by atoms with Gasteiger partial charge < -0.3 is 10.4 Å². The summed E-state index contributed by atoms with van der Waals surface area (Å²) in [7, 11) is 0. The van der Waals surface area contributed by atoms with Crippen molar-refractivity contribution >= 4 is 22.7 Å². The van der Waals surface area contributed by atoms with Crippen LogP contribution in [0.25, 0.3) is 0 Å². The molecule has 2 N–H and O–H groups in total. The maximum absolute atomic E-state index is 11.8. The molecule has 1 aliphatic rings. The van der Waals surface area contributed by atoms with Gasteiger partial charge in [0.05, 0.1) is 5.04 Å². The molecule has 2 rings (SSSR count). The Hall–Kier alpha value is -1.33. The highest BCUT2D eigenvalue weighted by atomic mass is 32.2. The number of aliphatic imine (C=N–C) groups is 1. The van der Waals surface area contributed by atoms with E-state index in [1.54, 1.807) is 11.8 Å². The van der Waals surface area contributed by atoms with E-state index in [9.17, 15) is 4.79 Å². The molecule has 0 radical (unpaired) electrons. The van der Waals surface area contributed by atoms with Crippen molar-refractivity contribution < 1.29 is 9.90 Å². The second kappa shape index (κ2) is 6.56. The Morgan fingerprint density at radius 1 is 1.44 bits per heavy atom. The number of hydrogen-bond donors (Lipinski definition) is 2. The molecule has 1 aliphatic heterocycles. The van der Waals surface area contributed by atoms with E-state index >= 15 is 0 Å². The van der Waals surface area contributed by atoms with E-state index in [1.807, 2.05) is 30.3 Å². The Morgan fingerprint density at radius 2 is 2.22 bits per heavy atom. The normalized spacial score (nSPS) is 18.5. The van der Waals surface area contributed by atoms with Crippen molar-refractivity contribution in [2.75, 3.05) is 18.9 Å². The Morgan fingerprint density at radius 3 is 2.94 bits per heavy atom. The summed E-state index contributed by atoms with van der Waals surface area (Å²) in [5.74, 6) is 0.636. The molecule has 0 bridgehead atoms. The SMILES string of the molecule is O=C(NCCCO)C1CSC(c2ccccc2)=N1. The number of benzene rings is 1. The van der Waals surface area contributed by atoms with Gasteiger partial charge in [-0.2, -0.15) is 0 Å². The molecule has 0 aliphatic carbocycles. The van der Waals surface area contributed by atoms with Gasteiger partial charge in [-0.3, -0.25) is 9.79 Å². The standard InChI is InChI=1S/C13H16N2O2S/c16-8-4-7-14-12(17)11-9-18-13(15-11)10-5-2-1-3-6-10/h1-3,5-6,11,16H,4,7-9H2,(H,14,17).